The van der Waals surface area contributed by atoms with E-state index in [4.69, 9.17) is 20.7 Å². The number of methoxy groups -OCH3 is 2. The van der Waals surface area contributed by atoms with Crippen LogP contribution in [0.5, 0.6) is 0 Å². The van der Waals surface area contributed by atoms with Gasteiger partial charge in [-0.05, 0) is 34.9 Å². The number of carboxylic acid groups (broad SMARTS) is 2. The molecule has 0 bridgehead atoms. The Morgan fingerprint density at radius 2 is 1.11 bits per heavy atom. The Morgan fingerprint density at radius 3 is 1.43 bits per heavy atom. The molecule has 2 aromatic carbocycles. The number of hydrogen-bond acceptors (Lipinski definition) is 11. The third-order valence-electron chi connectivity index (χ3n) is 7.56. The molecule has 0 heterocycles. The van der Waals surface area contributed by atoms with Crippen LogP contribution < -0.4 is 21.7 Å². The number of carbonyl (C=O) groups excluding carboxylic acids is 5. The minimum atomic E-state index is -1.22. The number of esters is 2. The Morgan fingerprint density at radius 1 is 0.696 bits per heavy atom. The topological polar surface area (TPSA) is 241 Å². The molecule has 2 aromatic rings. The van der Waals surface area contributed by atoms with E-state index in [1.807, 2.05) is 69.3 Å². The normalized spacial score (nSPS) is 12.8. The van der Waals surface area contributed by atoms with Crippen LogP contribution in [0.3, 0.4) is 0 Å². The van der Waals surface area contributed by atoms with Crippen molar-refractivity contribution in [3.63, 3.8) is 0 Å². The van der Waals surface area contributed by atoms with Gasteiger partial charge in [0, 0.05) is 20.7 Å². The minimum Gasteiger partial charge on any atom is -0.481 e. The monoisotopic (exact) mass is 790 g/mol. The minimum absolute atomic E-state index is 0. The molecule has 0 aromatic heterocycles. The van der Waals surface area contributed by atoms with Crippen molar-refractivity contribution in [3.8, 4) is 0 Å². The Kier molecular flexibility index (Phi) is 25.9. The van der Waals surface area contributed by atoms with E-state index < -0.39 is 66.3 Å². The summed E-state index contributed by atoms with van der Waals surface area (Å²) >= 11 is 0. The summed E-state index contributed by atoms with van der Waals surface area (Å²) in [6.45, 7) is 12.8. The van der Waals surface area contributed by atoms with Gasteiger partial charge in [0.2, 0.25) is 11.8 Å². The number of rotatable bonds is 18. The van der Waals surface area contributed by atoms with Crippen molar-refractivity contribution in [2.45, 2.75) is 112 Å². The van der Waals surface area contributed by atoms with Gasteiger partial charge in [-0.15, -0.1) is 0 Å². The lowest BCUT2D eigenvalue weighted by Crippen LogP contribution is -2.52. The second-order valence-electron chi connectivity index (χ2n) is 15.1. The maximum Gasteiger partial charge on any atom is 0.328 e. The molecule has 15 heteroatoms. The van der Waals surface area contributed by atoms with Crippen LogP contribution in [-0.4, -0.2) is 97.1 Å². The fraction of sp³-hybridized carbons (Fsp3) is 0.537. The molecule has 2 amide bonds. The summed E-state index contributed by atoms with van der Waals surface area (Å²) in [5, 5.41) is 25.7. The Bertz CT molecular complexity index is 1500. The summed E-state index contributed by atoms with van der Waals surface area (Å²) in [6, 6.07) is 14.3. The Labute approximate surface area is 333 Å². The van der Waals surface area contributed by atoms with E-state index >= 15 is 0 Å². The SMILES string of the molecule is C.CC(C)(C)CC=O.COC(=O)[C@H](Cc1ccccc1)NC(=O)[C@@H](N)CC(=O)O.COC(=O)[C@H](Cc1ccccc1)NC(=O)[C@H](CC(=O)O)NCCC(C)(C)C.[HH]. The highest BCUT2D eigenvalue weighted by atomic mass is 16.5. The van der Waals surface area contributed by atoms with E-state index in [-0.39, 0.29) is 38.9 Å². The van der Waals surface area contributed by atoms with Crippen LogP contribution >= 0.6 is 0 Å². The molecule has 7 N–H and O–H groups in total. The molecule has 0 unspecified atom stereocenters. The van der Waals surface area contributed by atoms with Crippen LogP contribution in [0.4, 0.5) is 0 Å². The van der Waals surface area contributed by atoms with Gasteiger partial charge in [-0.2, -0.15) is 0 Å². The van der Waals surface area contributed by atoms with Crippen LogP contribution in [0.1, 0.15) is 87.2 Å². The molecule has 0 aliphatic rings. The average molecular weight is 791 g/mol. The van der Waals surface area contributed by atoms with Crippen molar-refractivity contribution < 1.29 is 54.7 Å². The summed E-state index contributed by atoms with van der Waals surface area (Å²) in [5.74, 6) is -4.70. The van der Waals surface area contributed by atoms with E-state index in [1.54, 1.807) is 12.1 Å². The molecule has 0 radical (unpaired) electrons. The van der Waals surface area contributed by atoms with Gasteiger partial charge >= 0.3 is 23.9 Å². The van der Waals surface area contributed by atoms with Gasteiger partial charge in [0.05, 0.1) is 39.1 Å². The van der Waals surface area contributed by atoms with Gasteiger partial charge in [-0.3, -0.25) is 19.2 Å². The number of nitrogens with one attached hydrogen (secondary N) is 3. The van der Waals surface area contributed by atoms with Gasteiger partial charge in [0.1, 0.15) is 18.4 Å². The summed E-state index contributed by atoms with van der Waals surface area (Å²) < 4.78 is 9.42. The highest BCUT2D eigenvalue weighted by molar-refractivity contribution is 5.90. The maximum absolute atomic E-state index is 12.6. The fourth-order valence-corrected chi connectivity index (χ4v) is 4.51. The molecule has 56 heavy (non-hydrogen) atoms. The van der Waals surface area contributed by atoms with Crippen LogP contribution in [0.2, 0.25) is 0 Å². The molecular formula is C41H66N4O11. The van der Waals surface area contributed by atoms with Crippen molar-refractivity contribution >= 4 is 42.0 Å². The van der Waals surface area contributed by atoms with Crippen molar-refractivity contribution in [3.05, 3.63) is 71.8 Å². The van der Waals surface area contributed by atoms with Crippen molar-refractivity contribution in [2.24, 2.45) is 16.6 Å². The lowest BCUT2D eigenvalue weighted by atomic mass is 9.92. The number of aldehydes is 1. The van der Waals surface area contributed by atoms with E-state index in [9.17, 15) is 33.6 Å². The number of benzene rings is 2. The third kappa shape index (κ3) is 25.8. The van der Waals surface area contributed by atoms with Crippen molar-refractivity contribution in [2.75, 3.05) is 20.8 Å². The van der Waals surface area contributed by atoms with Crippen LogP contribution in [0.25, 0.3) is 0 Å². The number of aliphatic carboxylic acids is 2. The first-order valence-electron chi connectivity index (χ1n) is 17.8. The zero-order valence-corrected chi connectivity index (χ0v) is 33.3. The number of nitrogens with two attached hydrogens (primary N) is 1. The lowest BCUT2D eigenvalue weighted by molar-refractivity contribution is -0.146. The standard InChI is InChI=1S/C20H30N2O5.C14H18N2O5.C6H12O.CH4.H2/c1-20(2,3)10-11-21-15(13-17(23)24)18(25)22-16(19(26)27-4)12-14-8-6-5-7-9-14;1-21-14(20)11(7-9-5-3-2-4-6-9)16-13(19)10(15)8-12(17)18;1-6(2,3)4-5-7;;/h5-9,15-16,21H,10-13H2,1-4H3,(H,22,25)(H,23,24);2-6,10-11H,7-8,15H2,1H3,(H,16,19)(H,17,18);5H,4H2,1-3H3;1H4;1H/t15-,16-;10-,11-;;;/m00.../s1. The second kappa shape index (κ2) is 27.4. The van der Waals surface area contributed by atoms with Crippen molar-refractivity contribution in [1.82, 2.24) is 16.0 Å². The summed E-state index contributed by atoms with van der Waals surface area (Å²) in [5.41, 5.74) is 7.39. The predicted molar refractivity (Wildman–Crippen MR) is 216 cm³/mol. The number of hydrogen-bond donors (Lipinski definition) is 6. The van der Waals surface area contributed by atoms with Crippen LogP contribution in [0.15, 0.2) is 60.7 Å². The highest BCUT2D eigenvalue weighted by Crippen LogP contribution is 2.17. The molecule has 15 nitrogen and oxygen atoms in total. The molecule has 0 spiro atoms. The zero-order valence-electron chi connectivity index (χ0n) is 33.3. The fourth-order valence-electron chi connectivity index (χ4n) is 4.51. The molecular weight excluding hydrogens is 724 g/mol. The van der Waals surface area contributed by atoms with Crippen LogP contribution in [-0.2, 0) is 55.9 Å². The predicted octanol–water partition coefficient (Wildman–Crippen LogP) is 3.95. The number of ether oxygens (including phenoxy) is 2. The van der Waals surface area contributed by atoms with E-state index in [1.165, 1.54) is 14.2 Å². The second-order valence-corrected chi connectivity index (χ2v) is 15.1. The molecule has 2 rings (SSSR count). The van der Waals surface area contributed by atoms with E-state index in [2.05, 4.69) is 41.5 Å². The van der Waals surface area contributed by atoms with Gasteiger partial charge in [0.25, 0.3) is 0 Å². The van der Waals surface area contributed by atoms with Crippen molar-refractivity contribution in [1.29, 1.82) is 0 Å². The quantitative estimate of drug-likeness (QED) is 0.0928. The van der Waals surface area contributed by atoms with E-state index in [0.29, 0.717) is 13.0 Å². The molecule has 4 atom stereocenters. The molecule has 316 valence electrons. The smallest absolute Gasteiger partial charge is 0.328 e. The van der Waals surface area contributed by atoms with Gasteiger partial charge < -0.3 is 46.2 Å². The molecule has 0 saturated carbocycles. The Balaban J connectivity index is -0.000000866. The number of amides is 2. The average Bonchev–Trinajstić information content (AvgIpc) is 3.09. The molecule has 0 aliphatic heterocycles. The lowest BCUT2D eigenvalue weighted by Gasteiger charge is -2.23. The molecule has 0 saturated heterocycles. The molecule has 0 aliphatic carbocycles. The third-order valence-corrected chi connectivity index (χ3v) is 7.56. The Hall–Kier alpha value is -5.15. The van der Waals surface area contributed by atoms with E-state index in [0.717, 1.165) is 23.8 Å². The largest absolute Gasteiger partial charge is 0.481 e. The van der Waals surface area contributed by atoms with Gasteiger partial charge in [-0.25, -0.2) is 9.59 Å². The highest BCUT2D eigenvalue weighted by Gasteiger charge is 2.28. The summed E-state index contributed by atoms with van der Waals surface area (Å²) in [7, 11) is 2.46. The number of carbonyl (C=O) groups is 7. The zero-order chi connectivity index (χ0) is 42.2. The van der Waals surface area contributed by atoms with Gasteiger partial charge in [-0.1, -0.05) is 110 Å². The maximum atomic E-state index is 12.6. The first kappa shape index (κ1) is 53.0. The number of carboxylic acids is 2. The first-order chi connectivity index (χ1) is 25.6. The summed E-state index contributed by atoms with van der Waals surface area (Å²) in [6.07, 6.45) is 2.02. The summed E-state index contributed by atoms with van der Waals surface area (Å²) in [4.78, 5) is 79.7. The molecule has 0 fully saturated rings. The van der Waals surface area contributed by atoms with Crippen LogP contribution in [0, 0.1) is 10.8 Å². The van der Waals surface area contributed by atoms with Gasteiger partial charge in [0.15, 0.2) is 0 Å². The first-order valence-corrected chi connectivity index (χ1v) is 17.8.